The number of hydrogen-bond donors (Lipinski definition) is 3. The number of rotatable bonds is 7. The van der Waals surface area contributed by atoms with Crippen LogP contribution in [-0.4, -0.2) is 78.1 Å². The summed E-state index contributed by atoms with van der Waals surface area (Å²) in [6, 6.07) is 14.2. The average molecular weight is 601 g/mol. The number of alkyl halides is 3. The van der Waals surface area contributed by atoms with E-state index in [9.17, 15) is 28.2 Å². The van der Waals surface area contributed by atoms with Crippen LogP contribution in [0.5, 0.6) is 0 Å². The molecule has 9 nitrogen and oxygen atoms in total. The molecule has 0 unspecified atom stereocenters. The minimum atomic E-state index is -5.11. The second-order valence-electron chi connectivity index (χ2n) is 10.6. The fourth-order valence-corrected chi connectivity index (χ4v) is 6.49. The van der Waals surface area contributed by atoms with Gasteiger partial charge in [-0.15, -0.1) is 0 Å². The van der Waals surface area contributed by atoms with Gasteiger partial charge < -0.3 is 25.0 Å². The van der Waals surface area contributed by atoms with Gasteiger partial charge in [-0.05, 0) is 46.7 Å². The Morgan fingerprint density at radius 2 is 1.71 bits per heavy atom. The third-order valence-electron chi connectivity index (χ3n) is 8.18. The number of carbonyl (C=O) groups is 1. The molecule has 0 saturated heterocycles. The molecule has 220 valence electrons. The van der Waals surface area contributed by atoms with Crippen molar-refractivity contribution >= 4 is 34.5 Å². The highest BCUT2D eigenvalue weighted by Crippen LogP contribution is 2.45. The monoisotopic (exact) mass is 600 g/mol. The Balaban J connectivity index is 1.29. The second kappa shape index (κ2) is 10.8. The summed E-state index contributed by atoms with van der Waals surface area (Å²) < 4.78 is 41.5. The molecular formula is C29H28ClF3N6O3. The van der Waals surface area contributed by atoms with E-state index in [4.69, 9.17) is 11.6 Å². The molecule has 1 amide bonds. The lowest BCUT2D eigenvalue weighted by Crippen LogP contribution is -2.51. The first-order chi connectivity index (χ1) is 20.1. The van der Waals surface area contributed by atoms with E-state index < -0.39 is 36.4 Å². The number of fused-ring (bicyclic) bond motifs is 4. The summed E-state index contributed by atoms with van der Waals surface area (Å²) in [5.74, 6) is -1.66. The molecule has 13 heteroatoms. The highest BCUT2D eigenvalue weighted by Gasteiger charge is 2.51. The summed E-state index contributed by atoms with van der Waals surface area (Å²) >= 11 is 6.30. The molecule has 3 N–H and O–H groups in total. The first-order valence-electron chi connectivity index (χ1n) is 13.7. The number of nitrogens with zero attached hydrogens (tertiary/aromatic N) is 5. The van der Waals surface area contributed by atoms with Gasteiger partial charge in [-0.2, -0.15) is 23.1 Å². The molecule has 2 aliphatic rings. The van der Waals surface area contributed by atoms with E-state index in [-0.39, 0.29) is 36.2 Å². The third kappa shape index (κ3) is 4.77. The zero-order chi connectivity index (χ0) is 29.8. The maximum atomic E-state index is 13.3. The van der Waals surface area contributed by atoms with Gasteiger partial charge in [-0.3, -0.25) is 4.79 Å². The molecule has 2 aromatic carbocycles. The normalized spacial score (nSPS) is 21.9. The molecule has 1 fully saturated rings. The van der Waals surface area contributed by atoms with Crippen LogP contribution >= 0.6 is 11.6 Å². The number of aromatic nitrogens is 4. The summed E-state index contributed by atoms with van der Waals surface area (Å²) in [4.78, 5) is 25.8. The van der Waals surface area contributed by atoms with E-state index in [0.717, 1.165) is 0 Å². The third-order valence-corrected chi connectivity index (χ3v) is 8.35. The molecule has 4 aromatic rings. The zero-order valence-electron chi connectivity index (χ0n) is 22.5. The van der Waals surface area contributed by atoms with Gasteiger partial charge in [0.2, 0.25) is 5.28 Å². The number of aliphatic hydroxyl groups excluding tert-OH is 2. The molecule has 1 saturated carbocycles. The Morgan fingerprint density at radius 1 is 1.07 bits per heavy atom. The number of amides is 1. The molecule has 0 radical (unpaired) electrons. The lowest BCUT2D eigenvalue weighted by atomic mass is 9.97. The molecule has 4 atom stereocenters. The van der Waals surface area contributed by atoms with E-state index in [2.05, 4.69) is 44.5 Å². The van der Waals surface area contributed by atoms with Crippen LogP contribution in [0.3, 0.4) is 0 Å². The number of hydrogen-bond acceptors (Lipinski definition) is 7. The first-order valence-corrected chi connectivity index (χ1v) is 14.0. The number of nitrogens with one attached hydrogen (secondary N) is 1. The van der Waals surface area contributed by atoms with E-state index in [0.29, 0.717) is 22.8 Å². The van der Waals surface area contributed by atoms with Gasteiger partial charge in [0, 0.05) is 19.0 Å². The van der Waals surface area contributed by atoms with Gasteiger partial charge in [0.25, 0.3) is 0 Å². The Bertz CT molecular complexity index is 1600. The van der Waals surface area contributed by atoms with Gasteiger partial charge in [-0.25, -0.2) is 4.98 Å². The number of halogens is 4. The molecule has 0 spiro atoms. The van der Waals surface area contributed by atoms with Gasteiger partial charge >= 0.3 is 12.1 Å². The number of imidazole rings is 1. The molecule has 2 heterocycles. The summed E-state index contributed by atoms with van der Waals surface area (Å²) in [7, 11) is 0. The van der Waals surface area contributed by atoms with Crippen molar-refractivity contribution in [3.05, 3.63) is 71.3 Å². The summed E-state index contributed by atoms with van der Waals surface area (Å²) in [5, 5.41) is 24.9. The van der Waals surface area contributed by atoms with E-state index >= 15 is 0 Å². The Labute approximate surface area is 244 Å². The lowest BCUT2D eigenvalue weighted by molar-refractivity contribution is -0.190. The Morgan fingerprint density at radius 3 is 2.33 bits per heavy atom. The molecule has 0 bridgehead atoms. The Kier molecular flexibility index (Phi) is 7.32. The number of aliphatic hydroxyl groups is 2. The van der Waals surface area contributed by atoms with Crippen LogP contribution in [-0.2, 0) is 4.79 Å². The molecular weight excluding hydrogens is 573 g/mol. The lowest BCUT2D eigenvalue weighted by Gasteiger charge is -2.31. The number of anilines is 1. The maximum Gasteiger partial charge on any atom is 0.471 e. The highest BCUT2D eigenvalue weighted by molar-refractivity contribution is 6.28. The van der Waals surface area contributed by atoms with Crippen molar-refractivity contribution in [2.45, 2.75) is 56.2 Å². The van der Waals surface area contributed by atoms with Crippen LogP contribution in [0.25, 0.3) is 22.3 Å². The molecule has 2 aliphatic carbocycles. The highest BCUT2D eigenvalue weighted by atomic mass is 35.5. The summed E-state index contributed by atoms with van der Waals surface area (Å²) in [6.07, 6.45) is -6.71. The average Bonchev–Trinajstić information content (AvgIpc) is 3.62. The van der Waals surface area contributed by atoms with E-state index in [1.54, 1.807) is 6.92 Å². The minimum Gasteiger partial charge on any atom is -0.388 e. The second-order valence-corrected chi connectivity index (χ2v) is 11.0. The standard InChI is InChI=1S/C29H28ClF3N6O3/c1-2-11-38(27(42)29(31,32)33)20-12-21(24(41)23(20)40)39-14-35-22-25(36-28(30)37-26(22)39)34-13-19-17-9-5-3-7-15(17)16-8-4-6-10-18(16)19/h3-10,14,19-21,23-24,40-41H,2,11-13H2,1H3,(H,34,36,37)/t20-,21+,23+,24-/m0/s1. The topological polar surface area (TPSA) is 116 Å². The van der Waals surface area contributed by atoms with Crippen LogP contribution in [0.2, 0.25) is 5.28 Å². The fraction of sp³-hybridized carbons (Fsp3) is 0.379. The van der Waals surface area contributed by atoms with Crippen molar-refractivity contribution in [3.8, 4) is 11.1 Å². The van der Waals surface area contributed by atoms with E-state index in [1.807, 2.05) is 24.3 Å². The van der Waals surface area contributed by atoms with E-state index in [1.165, 1.54) is 33.1 Å². The van der Waals surface area contributed by atoms with Crippen molar-refractivity contribution in [2.75, 3.05) is 18.4 Å². The van der Waals surface area contributed by atoms with Crippen LogP contribution in [0, 0.1) is 0 Å². The first kappa shape index (κ1) is 28.4. The summed E-state index contributed by atoms with van der Waals surface area (Å²) in [6.45, 7) is 1.88. The molecule has 2 aromatic heterocycles. The van der Waals surface area contributed by atoms with Crippen molar-refractivity contribution in [1.82, 2.24) is 24.4 Å². The van der Waals surface area contributed by atoms with Crippen molar-refractivity contribution < 1.29 is 28.2 Å². The van der Waals surface area contributed by atoms with Gasteiger partial charge in [0.1, 0.15) is 12.2 Å². The minimum absolute atomic E-state index is 0.0338. The predicted octanol–water partition coefficient (Wildman–Crippen LogP) is 4.54. The summed E-state index contributed by atoms with van der Waals surface area (Å²) in [5.41, 5.74) is 5.27. The maximum absolute atomic E-state index is 13.3. The molecule has 6 rings (SSSR count). The van der Waals surface area contributed by atoms with Crippen LogP contribution in [0.15, 0.2) is 54.9 Å². The fourth-order valence-electron chi connectivity index (χ4n) is 6.33. The van der Waals surface area contributed by atoms with Crippen molar-refractivity contribution in [3.63, 3.8) is 0 Å². The van der Waals surface area contributed by atoms with Crippen LogP contribution in [0.1, 0.15) is 42.9 Å². The molecule has 0 aliphatic heterocycles. The van der Waals surface area contributed by atoms with Crippen molar-refractivity contribution in [1.29, 1.82) is 0 Å². The predicted molar refractivity (Wildman–Crippen MR) is 150 cm³/mol. The largest absolute Gasteiger partial charge is 0.471 e. The van der Waals surface area contributed by atoms with Gasteiger partial charge in [0.05, 0.1) is 18.4 Å². The molecule has 42 heavy (non-hydrogen) atoms. The quantitative estimate of drug-likeness (QED) is 0.267. The number of carbonyl (C=O) groups excluding carboxylic acids is 1. The Hall–Kier alpha value is -3.74. The van der Waals surface area contributed by atoms with Gasteiger partial charge in [-0.1, -0.05) is 55.5 Å². The van der Waals surface area contributed by atoms with Crippen LogP contribution < -0.4 is 5.32 Å². The SMILES string of the molecule is CCCN(C(=O)C(F)(F)F)[C@H]1C[C@@H](n2cnc3c(NCC4c5ccccc5-c5ccccc54)nc(Cl)nc32)[C@H](O)[C@@H]1O. The number of benzene rings is 2. The smallest absolute Gasteiger partial charge is 0.388 e. The zero-order valence-corrected chi connectivity index (χ0v) is 23.2. The van der Waals surface area contributed by atoms with Crippen molar-refractivity contribution in [2.24, 2.45) is 0 Å². The van der Waals surface area contributed by atoms with Crippen LogP contribution in [0.4, 0.5) is 19.0 Å². The van der Waals surface area contributed by atoms with Gasteiger partial charge in [0.15, 0.2) is 17.0 Å².